The number of aryl methyl sites for hydroxylation is 2. The number of benzene rings is 2. The predicted molar refractivity (Wildman–Crippen MR) is 123 cm³/mol. The summed E-state index contributed by atoms with van der Waals surface area (Å²) in [5.74, 6) is -0.567. The summed E-state index contributed by atoms with van der Waals surface area (Å²) in [6, 6.07) is 18.9. The maximum atomic E-state index is 12.7. The van der Waals surface area contributed by atoms with Gasteiger partial charge in [-0.2, -0.15) is 5.26 Å². The molecule has 31 heavy (non-hydrogen) atoms. The van der Waals surface area contributed by atoms with Crippen LogP contribution in [0.3, 0.4) is 0 Å². The zero-order chi connectivity index (χ0) is 22.5. The van der Waals surface area contributed by atoms with Gasteiger partial charge in [0.15, 0.2) is 0 Å². The highest BCUT2D eigenvalue weighted by molar-refractivity contribution is 6.10. The van der Waals surface area contributed by atoms with Gasteiger partial charge in [0, 0.05) is 35.4 Å². The maximum absolute atomic E-state index is 12.7. The fourth-order valence-corrected chi connectivity index (χ4v) is 3.44. The third kappa shape index (κ3) is 4.90. The standard InChI is InChI=1S/C25H24N4O2/c1-16-7-5-6-8-24(16)28-25(31)21(15-26)14-20-13-17(2)29(18(20)3)23-11-9-22(10-12-23)27-19(4)30/h5-14H,1-4H3,(H,27,30)(H,28,31). The van der Waals surface area contributed by atoms with Crippen molar-refractivity contribution < 1.29 is 9.59 Å². The molecule has 0 atom stereocenters. The SMILES string of the molecule is CC(=O)Nc1ccc(-n2c(C)cc(C=C(C#N)C(=O)Nc3ccccc3C)c2C)cc1. The lowest BCUT2D eigenvalue weighted by Gasteiger charge is -2.11. The van der Waals surface area contributed by atoms with Crippen molar-refractivity contribution in [2.45, 2.75) is 27.7 Å². The molecule has 0 aliphatic rings. The molecule has 0 bridgehead atoms. The number of hydrogen-bond donors (Lipinski definition) is 2. The van der Waals surface area contributed by atoms with Crippen molar-refractivity contribution >= 4 is 29.3 Å². The highest BCUT2D eigenvalue weighted by atomic mass is 16.2. The van der Waals surface area contributed by atoms with E-state index in [2.05, 4.69) is 10.6 Å². The number of carbonyl (C=O) groups is 2. The van der Waals surface area contributed by atoms with Crippen LogP contribution in [-0.4, -0.2) is 16.4 Å². The molecule has 156 valence electrons. The Hall–Kier alpha value is -4.11. The molecule has 3 aromatic rings. The van der Waals surface area contributed by atoms with Crippen LogP contribution < -0.4 is 10.6 Å². The van der Waals surface area contributed by atoms with Crippen LogP contribution >= 0.6 is 0 Å². The van der Waals surface area contributed by atoms with Crippen molar-refractivity contribution in [2.75, 3.05) is 10.6 Å². The van der Waals surface area contributed by atoms with E-state index in [-0.39, 0.29) is 11.5 Å². The smallest absolute Gasteiger partial charge is 0.266 e. The minimum absolute atomic E-state index is 0.0320. The molecule has 6 nitrogen and oxygen atoms in total. The minimum atomic E-state index is -0.443. The summed E-state index contributed by atoms with van der Waals surface area (Å²) in [6.45, 7) is 7.27. The molecule has 3 rings (SSSR count). The molecule has 0 radical (unpaired) electrons. The Kier molecular flexibility index (Phi) is 6.37. The van der Waals surface area contributed by atoms with E-state index in [4.69, 9.17) is 0 Å². The third-order valence-electron chi connectivity index (χ3n) is 4.97. The molecule has 0 saturated carbocycles. The van der Waals surface area contributed by atoms with Crippen molar-refractivity contribution in [3.63, 3.8) is 0 Å². The Balaban J connectivity index is 1.90. The van der Waals surface area contributed by atoms with E-state index < -0.39 is 5.91 Å². The van der Waals surface area contributed by atoms with Crippen LogP contribution in [-0.2, 0) is 9.59 Å². The number of hydrogen-bond acceptors (Lipinski definition) is 3. The Bertz CT molecular complexity index is 1210. The first-order valence-electron chi connectivity index (χ1n) is 9.86. The highest BCUT2D eigenvalue weighted by Crippen LogP contribution is 2.24. The van der Waals surface area contributed by atoms with Crippen molar-refractivity contribution in [1.82, 2.24) is 4.57 Å². The third-order valence-corrected chi connectivity index (χ3v) is 4.97. The summed E-state index contributed by atoms with van der Waals surface area (Å²) in [7, 11) is 0. The first-order chi connectivity index (χ1) is 14.8. The van der Waals surface area contributed by atoms with Crippen molar-refractivity contribution in [1.29, 1.82) is 5.26 Å². The molecule has 0 unspecified atom stereocenters. The van der Waals surface area contributed by atoms with E-state index in [1.807, 2.05) is 79.9 Å². The quantitative estimate of drug-likeness (QED) is 0.461. The largest absolute Gasteiger partial charge is 0.326 e. The van der Waals surface area contributed by atoms with E-state index in [0.717, 1.165) is 33.9 Å². The fraction of sp³-hybridized carbons (Fsp3) is 0.160. The lowest BCUT2D eigenvalue weighted by atomic mass is 10.1. The molecule has 1 heterocycles. The molecule has 2 N–H and O–H groups in total. The van der Waals surface area contributed by atoms with Gasteiger partial charge in [0.2, 0.25) is 5.91 Å². The summed E-state index contributed by atoms with van der Waals surface area (Å²) in [5, 5.41) is 15.1. The number of nitrogens with zero attached hydrogens (tertiary/aromatic N) is 2. The lowest BCUT2D eigenvalue weighted by molar-refractivity contribution is -0.114. The van der Waals surface area contributed by atoms with Gasteiger partial charge in [-0.1, -0.05) is 18.2 Å². The summed E-state index contributed by atoms with van der Waals surface area (Å²) >= 11 is 0. The lowest BCUT2D eigenvalue weighted by Crippen LogP contribution is -2.14. The number of nitriles is 1. The second-order valence-corrected chi connectivity index (χ2v) is 7.33. The fourth-order valence-electron chi connectivity index (χ4n) is 3.44. The average Bonchev–Trinajstić information content (AvgIpc) is 3.01. The molecule has 0 aliphatic carbocycles. The zero-order valence-electron chi connectivity index (χ0n) is 18.0. The van der Waals surface area contributed by atoms with Gasteiger partial charge in [-0.3, -0.25) is 9.59 Å². The first-order valence-corrected chi connectivity index (χ1v) is 9.86. The summed E-state index contributed by atoms with van der Waals surface area (Å²) < 4.78 is 2.04. The number of para-hydroxylation sites is 1. The molecular weight excluding hydrogens is 388 g/mol. The van der Waals surface area contributed by atoms with Gasteiger partial charge in [-0.15, -0.1) is 0 Å². The second-order valence-electron chi connectivity index (χ2n) is 7.33. The number of rotatable bonds is 5. The number of nitrogens with one attached hydrogen (secondary N) is 2. The van der Waals surface area contributed by atoms with Crippen LogP contribution in [0.2, 0.25) is 0 Å². The van der Waals surface area contributed by atoms with Gasteiger partial charge in [-0.05, 0) is 74.4 Å². The van der Waals surface area contributed by atoms with Gasteiger partial charge < -0.3 is 15.2 Å². The molecule has 6 heteroatoms. The Morgan fingerprint density at radius 2 is 1.68 bits per heavy atom. The average molecular weight is 412 g/mol. The summed E-state index contributed by atoms with van der Waals surface area (Å²) in [4.78, 5) is 23.9. The molecule has 0 spiro atoms. The van der Waals surface area contributed by atoms with Gasteiger partial charge in [0.25, 0.3) is 5.91 Å². The molecule has 0 aliphatic heterocycles. The van der Waals surface area contributed by atoms with Crippen LogP contribution in [0.15, 0.2) is 60.2 Å². The van der Waals surface area contributed by atoms with Gasteiger partial charge in [-0.25, -0.2) is 0 Å². The van der Waals surface area contributed by atoms with E-state index in [1.54, 1.807) is 12.1 Å². The molecule has 0 fully saturated rings. The molecule has 2 amide bonds. The Morgan fingerprint density at radius 1 is 1.00 bits per heavy atom. The number of carbonyl (C=O) groups excluding carboxylic acids is 2. The van der Waals surface area contributed by atoms with Crippen LogP contribution in [0.25, 0.3) is 11.8 Å². The zero-order valence-corrected chi connectivity index (χ0v) is 18.0. The number of anilines is 2. The van der Waals surface area contributed by atoms with E-state index in [0.29, 0.717) is 5.69 Å². The van der Waals surface area contributed by atoms with Gasteiger partial charge in [0.1, 0.15) is 11.6 Å². The van der Waals surface area contributed by atoms with Crippen molar-refractivity contribution in [3.05, 3.63) is 82.7 Å². The maximum Gasteiger partial charge on any atom is 0.266 e. The minimum Gasteiger partial charge on any atom is -0.326 e. The number of aromatic nitrogens is 1. The van der Waals surface area contributed by atoms with Crippen molar-refractivity contribution in [3.8, 4) is 11.8 Å². The van der Waals surface area contributed by atoms with Crippen LogP contribution in [0.5, 0.6) is 0 Å². The molecule has 0 saturated heterocycles. The van der Waals surface area contributed by atoms with E-state index in [1.165, 1.54) is 6.92 Å². The summed E-state index contributed by atoms with van der Waals surface area (Å²) in [6.07, 6.45) is 1.61. The van der Waals surface area contributed by atoms with E-state index in [9.17, 15) is 14.9 Å². The van der Waals surface area contributed by atoms with Crippen LogP contribution in [0.1, 0.15) is 29.4 Å². The van der Waals surface area contributed by atoms with Gasteiger partial charge >= 0.3 is 0 Å². The normalized spacial score (nSPS) is 11.0. The van der Waals surface area contributed by atoms with Crippen molar-refractivity contribution in [2.24, 2.45) is 0 Å². The van der Waals surface area contributed by atoms with Gasteiger partial charge in [0.05, 0.1) is 0 Å². The molecule has 2 aromatic carbocycles. The monoisotopic (exact) mass is 412 g/mol. The highest BCUT2D eigenvalue weighted by Gasteiger charge is 2.14. The van der Waals surface area contributed by atoms with Crippen LogP contribution in [0, 0.1) is 32.1 Å². The summed E-state index contributed by atoms with van der Waals surface area (Å²) in [5.41, 5.74) is 5.94. The Morgan fingerprint density at radius 3 is 2.29 bits per heavy atom. The predicted octanol–water partition coefficient (Wildman–Crippen LogP) is 4.91. The topological polar surface area (TPSA) is 86.9 Å². The Labute approximate surface area is 181 Å². The second kappa shape index (κ2) is 9.14. The molecule has 1 aromatic heterocycles. The van der Waals surface area contributed by atoms with Crippen LogP contribution in [0.4, 0.5) is 11.4 Å². The number of amides is 2. The van der Waals surface area contributed by atoms with E-state index >= 15 is 0 Å². The molecular formula is C25H24N4O2. The first kappa shape index (κ1) is 21.6.